The Morgan fingerprint density at radius 1 is 1.16 bits per heavy atom. The van der Waals surface area contributed by atoms with Crippen LogP contribution < -0.4 is 11.1 Å². The Morgan fingerprint density at radius 3 is 2.63 bits per heavy atom. The molecule has 3 aromatic rings. The SMILES string of the molecule is Cc1ccc(Nc2nnc(-c3csc(N)n3)s2)cc1. The molecular weight excluding hydrogens is 278 g/mol. The van der Waals surface area contributed by atoms with E-state index < -0.39 is 0 Å². The molecule has 2 aromatic heterocycles. The van der Waals surface area contributed by atoms with Gasteiger partial charge in [0.05, 0.1) is 0 Å². The highest BCUT2D eigenvalue weighted by Crippen LogP contribution is 2.29. The van der Waals surface area contributed by atoms with Gasteiger partial charge in [-0.1, -0.05) is 29.0 Å². The van der Waals surface area contributed by atoms with E-state index in [0.717, 1.165) is 21.5 Å². The van der Waals surface area contributed by atoms with Crippen LogP contribution in [0.4, 0.5) is 16.0 Å². The molecule has 1 aromatic carbocycles. The van der Waals surface area contributed by atoms with E-state index in [0.29, 0.717) is 5.13 Å². The van der Waals surface area contributed by atoms with Crippen LogP contribution in [0.2, 0.25) is 0 Å². The molecule has 0 aliphatic rings. The molecule has 5 nitrogen and oxygen atoms in total. The Kier molecular flexibility index (Phi) is 3.14. The molecule has 3 rings (SSSR count). The van der Waals surface area contributed by atoms with Crippen molar-refractivity contribution in [2.24, 2.45) is 0 Å². The first-order valence-electron chi connectivity index (χ1n) is 5.59. The molecule has 0 saturated carbocycles. The van der Waals surface area contributed by atoms with Crippen molar-refractivity contribution in [2.45, 2.75) is 6.92 Å². The number of benzene rings is 1. The van der Waals surface area contributed by atoms with E-state index in [4.69, 9.17) is 5.73 Å². The lowest BCUT2D eigenvalue weighted by molar-refractivity contribution is 1.09. The lowest BCUT2D eigenvalue weighted by Crippen LogP contribution is -1.88. The fourth-order valence-corrected chi connectivity index (χ4v) is 2.87. The number of nitrogens with zero attached hydrogens (tertiary/aromatic N) is 3. The van der Waals surface area contributed by atoms with E-state index in [1.54, 1.807) is 0 Å². The molecule has 0 unspecified atom stereocenters. The Morgan fingerprint density at radius 2 is 1.95 bits per heavy atom. The van der Waals surface area contributed by atoms with Crippen LogP contribution in [0, 0.1) is 6.92 Å². The third-order valence-corrected chi connectivity index (χ3v) is 4.00. The summed E-state index contributed by atoms with van der Waals surface area (Å²) in [6.07, 6.45) is 0. The predicted octanol–water partition coefficient (Wildman–Crippen LogP) is 3.30. The summed E-state index contributed by atoms with van der Waals surface area (Å²) in [6, 6.07) is 8.12. The van der Waals surface area contributed by atoms with Gasteiger partial charge >= 0.3 is 0 Å². The Bertz CT molecular complexity index is 686. The third-order valence-electron chi connectivity index (χ3n) is 2.47. The minimum absolute atomic E-state index is 0.540. The van der Waals surface area contributed by atoms with E-state index in [1.807, 2.05) is 29.6 Å². The average molecular weight is 289 g/mol. The second kappa shape index (κ2) is 4.94. The second-order valence-electron chi connectivity index (χ2n) is 3.97. The third kappa shape index (κ3) is 2.72. The first-order valence-corrected chi connectivity index (χ1v) is 7.29. The first-order chi connectivity index (χ1) is 9.20. The second-order valence-corrected chi connectivity index (χ2v) is 5.84. The summed E-state index contributed by atoms with van der Waals surface area (Å²) in [4.78, 5) is 4.19. The van der Waals surface area contributed by atoms with Gasteiger partial charge in [-0.2, -0.15) is 0 Å². The Labute approximate surface area is 118 Å². The molecule has 0 radical (unpaired) electrons. The maximum Gasteiger partial charge on any atom is 0.210 e. The Balaban J connectivity index is 1.80. The van der Waals surface area contributed by atoms with Crippen molar-refractivity contribution < 1.29 is 0 Å². The van der Waals surface area contributed by atoms with Crippen molar-refractivity contribution >= 4 is 38.6 Å². The molecule has 0 atom stereocenters. The lowest BCUT2D eigenvalue weighted by atomic mass is 10.2. The topological polar surface area (TPSA) is 76.7 Å². The molecule has 0 spiro atoms. The van der Waals surface area contributed by atoms with Crippen LogP contribution in [0.3, 0.4) is 0 Å². The number of nitrogen functional groups attached to an aromatic ring is 1. The maximum absolute atomic E-state index is 5.61. The maximum atomic E-state index is 5.61. The molecular formula is C12H11N5S2. The zero-order chi connectivity index (χ0) is 13.2. The lowest BCUT2D eigenvalue weighted by Gasteiger charge is -2.01. The van der Waals surface area contributed by atoms with Crippen LogP contribution >= 0.6 is 22.7 Å². The summed E-state index contributed by atoms with van der Waals surface area (Å²) in [6.45, 7) is 2.06. The fraction of sp³-hybridized carbons (Fsp3) is 0.0833. The average Bonchev–Trinajstić information content (AvgIpc) is 3.01. The van der Waals surface area contributed by atoms with Gasteiger partial charge in [0.1, 0.15) is 5.69 Å². The molecule has 2 heterocycles. The van der Waals surface area contributed by atoms with Gasteiger partial charge in [-0.05, 0) is 19.1 Å². The summed E-state index contributed by atoms with van der Waals surface area (Å²) in [7, 11) is 0. The molecule has 96 valence electrons. The van der Waals surface area contributed by atoms with Crippen LogP contribution in [0.15, 0.2) is 29.6 Å². The molecule has 0 fully saturated rings. The molecule has 0 bridgehead atoms. The standard InChI is InChI=1S/C12H11N5S2/c1-7-2-4-8(5-3-7)14-12-17-16-10(19-12)9-6-18-11(13)15-9/h2-6H,1H3,(H2,13,15)(H,14,17). The molecule has 3 N–H and O–H groups in total. The number of aromatic nitrogens is 3. The van der Waals surface area contributed by atoms with Gasteiger partial charge in [0.25, 0.3) is 0 Å². The number of rotatable bonds is 3. The van der Waals surface area contributed by atoms with Crippen LogP contribution in [-0.2, 0) is 0 Å². The molecule has 0 aliphatic heterocycles. The largest absolute Gasteiger partial charge is 0.375 e. The number of nitrogens with two attached hydrogens (primary N) is 1. The number of thiazole rings is 1. The van der Waals surface area contributed by atoms with E-state index in [2.05, 4.69) is 27.4 Å². The van der Waals surface area contributed by atoms with Crippen molar-refractivity contribution in [1.82, 2.24) is 15.2 Å². The van der Waals surface area contributed by atoms with Gasteiger partial charge in [0, 0.05) is 11.1 Å². The molecule has 0 aliphatic carbocycles. The van der Waals surface area contributed by atoms with Gasteiger partial charge in [0.15, 0.2) is 10.1 Å². The van der Waals surface area contributed by atoms with E-state index in [1.165, 1.54) is 28.2 Å². The quantitative estimate of drug-likeness (QED) is 0.773. The number of hydrogen-bond acceptors (Lipinski definition) is 7. The van der Waals surface area contributed by atoms with Crippen LogP contribution in [0.25, 0.3) is 10.7 Å². The normalized spacial score (nSPS) is 10.6. The number of hydrogen-bond donors (Lipinski definition) is 2. The zero-order valence-electron chi connectivity index (χ0n) is 10.1. The van der Waals surface area contributed by atoms with Gasteiger partial charge in [-0.3, -0.25) is 0 Å². The van der Waals surface area contributed by atoms with Crippen molar-refractivity contribution in [1.29, 1.82) is 0 Å². The van der Waals surface area contributed by atoms with Crippen LogP contribution in [-0.4, -0.2) is 15.2 Å². The highest BCUT2D eigenvalue weighted by molar-refractivity contribution is 7.19. The molecule has 0 amide bonds. The van der Waals surface area contributed by atoms with Crippen LogP contribution in [0.1, 0.15) is 5.56 Å². The molecule has 7 heteroatoms. The van der Waals surface area contributed by atoms with Crippen molar-refractivity contribution in [2.75, 3.05) is 11.1 Å². The van der Waals surface area contributed by atoms with Crippen LogP contribution in [0.5, 0.6) is 0 Å². The molecule has 0 saturated heterocycles. The van der Waals surface area contributed by atoms with Crippen molar-refractivity contribution in [3.63, 3.8) is 0 Å². The zero-order valence-corrected chi connectivity index (χ0v) is 11.8. The smallest absolute Gasteiger partial charge is 0.210 e. The predicted molar refractivity (Wildman–Crippen MR) is 79.9 cm³/mol. The van der Waals surface area contributed by atoms with Crippen molar-refractivity contribution in [3.05, 3.63) is 35.2 Å². The molecule has 19 heavy (non-hydrogen) atoms. The highest BCUT2D eigenvalue weighted by Gasteiger charge is 2.09. The number of aryl methyl sites for hydroxylation is 1. The first kappa shape index (κ1) is 12.1. The Hall–Kier alpha value is -1.99. The summed E-state index contributed by atoms with van der Waals surface area (Å²) < 4.78 is 0. The summed E-state index contributed by atoms with van der Waals surface area (Å²) in [5, 5.41) is 15.4. The van der Waals surface area contributed by atoms with E-state index in [9.17, 15) is 0 Å². The minimum atomic E-state index is 0.540. The summed E-state index contributed by atoms with van der Waals surface area (Å²) in [5.41, 5.74) is 8.60. The van der Waals surface area contributed by atoms with Gasteiger partial charge in [-0.15, -0.1) is 21.5 Å². The fourth-order valence-electron chi connectivity index (χ4n) is 1.52. The minimum Gasteiger partial charge on any atom is -0.375 e. The van der Waals surface area contributed by atoms with E-state index >= 15 is 0 Å². The highest BCUT2D eigenvalue weighted by atomic mass is 32.1. The van der Waals surface area contributed by atoms with Gasteiger partial charge < -0.3 is 11.1 Å². The monoisotopic (exact) mass is 289 g/mol. The number of anilines is 3. The van der Waals surface area contributed by atoms with Gasteiger partial charge in [0.2, 0.25) is 5.13 Å². The van der Waals surface area contributed by atoms with Crippen molar-refractivity contribution in [3.8, 4) is 10.7 Å². The summed E-state index contributed by atoms with van der Waals surface area (Å²) >= 11 is 2.85. The summed E-state index contributed by atoms with van der Waals surface area (Å²) in [5.74, 6) is 0. The number of nitrogens with one attached hydrogen (secondary N) is 1. The van der Waals surface area contributed by atoms with Gasteiger partial charge in [-0.25, -0.2) is 4.98 Å². The van der Waals surface area contributed by atoms with E-state index in [-0.39, 0.29) is 0 Å².